The van der Waals surface area contributed by atoms with Gasteiger partial charge in [0.15, 0.2) is 0 Å². The predicted octanol–water partition coefficient (Wildman–Crippen LogP) is 0.685. The zero-order valence-corrected chi connectivity index (χ0v) is 6.55. The smallest absolute Gasteiger partial charge is 0.265 e. The van der Waals surface area contributed by atoms with Crippen molar-refractivity contribution in [1.29, 1.82) is 0 Å². The van der Waals surface area contributed by atoms with Crippen LogP contribution in [0.1, 0.15) is 0 Å². The van der Waals surface area contributed by atoms with E-state index in [2.05, 4.69) is 4.98 Å². The molecule has 2 N–H and O–H groups in total. The molecule has 0 radical (unpaired) electrons. The van der Waals surface area contributed by atoms with E-state index in [-0.39, 0.29) is 11.3 Å². The van der Waals surface area contributed by atoms with Crippen LogP contribution in [-0.4, -0.2) is 10.1 Å². The molecule has 4 heteroatoms. The quantitative estimate of drug-likeness (QED) is 0.652. The maximum atomic E-state index is 10.6. The molecule has 0 aliphatic heterocycles. The molecule has 0 aliphatic carbocycles. The highest BCUT2D eigenvalue weighted by atomic mass is 127. The number of H-pyrrole nitrogens is 1. The van der Waals surface area contributed by atoms with Gasteiger partial charge >= 0.3 is 0 Å². The van der Waals surface area contributed by atoms with Gasteiger partial charge in [-0.05, 0) is 28.7 Å². The van der Waals surface area contributed by atoms with Crippen molar-refractivity contribution >= 4 is 22.6 Å². The lowest BCUT2D eigenvalue weighted by atomic mass is 10.5. The third kappa shape index (κ3) is 1.24. The Morgan fingerprint density at radius 2 is 2.33 bits per heavy atom. The third-order valence-corrected chi connectivity index (χ3v) is 1.92. The van der Waals surface area contributed by atoms with E-state index in [1.54, 1.807) is 22.6 Å². The number of aromatic nitrogens is 1. The lowest BCUT2D eigenvalue weighted by molar-refractivity contribution is 0.469. The van der Waals surface area contributed by atoms with Crippen LogP contribution in [0.15, 0.2) is 17.1 Å². The molecule has 1 aromatic heterocycles. The number of nitrogens with one attached hydrogen (secondary N) is 1. The highest BCUT2D eigenvalue weighted by molar-refractivity contribution is 14.1. The molecule has 0 bridgehead atoms. The Morgan fingerprint density at radius 1 is 1.67 bits per heavy atom. The molecule has 0 saturated carbocycles. The summed E-state index contributed by atoms with van der Waals surface area (Å²) in [5.41, 5.74) is -0.254. The number of aromatic hydroxyl groups is 1. The summed E-state index contributed by atoms with van der Waals surface area (Å²) in [5, 5.41) is 8.87. The second-order valence-corrected chi connectivity index (χ2v) is 2.58. The fourth-order valence-corrected chi connectivity index (χ4v) is 0.785. The van der Waals surface area contributed by atoms with E-state index in [0.717, 1.165) is 0 Å². The molecule has 1 rings (SSSR count). The molecule has 9 heavy (non-hydrogen) atoms. The zero-order valence-electron chi connectivity index (χ0n) is 4.39. The van der Waals surface area contributed by atoms with Crippen LogP contribution < -0.4 is 5.56 Å². The summed E-state index contributed by atoms with van der Waals surface area (Å²) >= 11 is 1.78. The first-order valence-electron chi connectivity index (χ1n) is 2.28. The average Bonchev–Trinajstić information content (AvgIpc) is 1.83. The molecule has 1 aromatic rings. The third-order valence-electron chi connectivity index (χ3n) is 0.880. The van der Waals surface area contributed by atoms with E-state index in [0.29, 0.717) is 3.57 Å². The molecule has 0 atom stereocenters. The first-order valence-corrected chi connectivity index (χ1v) is 3.36. The van der Waals surface area contributed by atoms with Crippen LogP contribution in [0.3, 0.4) is 0 Å². The molecule has 0 spiro atoms. The molecule has 0 saturated heterocycles. The van der Waals surface area contributed by atoms with Gasteiger partial charge in [-0.1, -0.05) is 0 Å². The van der Waals surface area contributed by atoms with Gasteiger partial charge < -0.3 is 10.1 Å². The highest BCUT2D eigenvalue weighted by Gasteiger charge is 1.97. The maximum absolute atomic E-state index is 10.6. The van der Waals surface area contributed by atoms with Crippen molar-refractivity contribution in [1.82, 2.24) is 4.98 Å². The van der Waals surface area contributed by atoms with Crippen LogP contribution in [0.2, 0.25) is 0 Å². The van der Waals surface area contributed by atoms with Crippen molar-refractivity contribution in [3.63, 3.8) is 0 Å². The van der Waals surface area contributed by atoms with Gasteiger partial charge in [-0.2, -0.15) is 0 Å². The molecule has 0 unspecified atom stereocenters. The molecule has 3 nitrogen and oxygen atoms in total. The van der Waals surface area contributed by atoms with Crippen molar-refractivity contribution in [2.45, 2.75) is 0 Å². The van der Waals surface area contributed by atoms with E-state index in [1.807, 2.05) is 0 Å². The van der Waals surface area contributed by atoms with Gasteiger partial charge in [0.05, 0.1) is 0 Å². The van der Waals surface area contributed by atoms with Crippen LogP contribution >= 0.6 is 22.6 Å². The number of aromatic amines is 1. The van der Waals surface area contributed by atoms with E-state index < -0.39 is 0 Å². The molecule has 0 aliphatic rings. The Morgan fingerprint density at radius 3 is 2.78 bits per heavy atom. The van der Waals surface area contributed by atoms with Crippen LogP contribution in [0.25, 0.3) is 0 Å². The van der Waals surface area contributed by atoms with Gasteiger partial charge in [0.1, 0.15) is 9.32 Å². The van der Waals surface area contributed by atoms with Crippen molar-refractivity contribution in [3.8, 4) is 5.75 Å². The van der Waals surface area contributed by atoms with Crippen molar-refractivity contribution < 1.29 is 5.11 Å². The topological polar surface area (TPSA) is 53.1 Å². The Labute approximate surface area is 64.9 Å². The Bertz CT molecular complexity index is 268. The first-order chi connectivity index (χ1) is 4.22. The number of hydrogen-bond donors (Lipinski definition) is 2. The molecular formula is C5H4INO2. The van der Waals surface area contributed by atoms with Crippen LogP contribution in [0, 0.1) is 3.57 Å². The summed E-state index contributed by atoms with van der Waals surface area (Å²) < 4.78 is 0.329. The number of rotatable bonds is 0. The minimum Gasteiger partial charge on any atom is -0.507 e. The summed E-state index contributed by atoms with van der Waals surface area (Å²) in [5.74, 6) is 0.0272. The fourth-order valence-electron chi connectivity index (χ4n) is 0.449. The molecule has 1 heterocycles. The lowest BCUT2D eigenvalue weighted by Gasteiger charge is -1.90. The monoisotopic (exact) mass is 237 g/mol. The van der Waals surface area contributed by atoms with Crippen LogP contribution in [0.5, 0.6) is 5.75 Å². The van der Waals surface area contributed by atoms with Gasteiger partial charge in [0, 0.05) is 6.20 Å². The second kappa shape index (κ2) is 2.38. The van der Waals surface area contributed by atoms with Crippen molar-refractivity contribution in [3.05, 3.63) is 26.2 Å². The van der Waals surface area contributed by atoms with Crippen LogP contribution in [0.4, 0.5) is 0 Å². The van der Waals surface area contributed by atoms with Gasteiger partial charge in [0.2, 0.25) is 0 Å². The highest BCUT2D eigenvalue weighted by Crippen LogP contribution is 2.11. The normalized spacial score (nSPS) is 9.44. The second-order valence-electron chi connectivity index (χ2n) is 1.51. The molecule has 48 valence electrons. The largest absolute Gasteiger partial charge is 0.507 e. The van der Waals surface area contributed by atoms with Crippen molar-refractivity contribution in [2.24, 2.45) is 0 Å². The van der Waals surface area contributed by atoms with Gasteiger partial charge in [-0.3, -0.25) is 4.79 Å². The Balaban J connectivity index is 3.43. The minimum absolute atomic E-state index is 0.0272. The molecule has 0 fully saturated rings. The van der Waals surface area contributed by atoms with Gasteiger partial charge in [-0.15, -0.1) is 0 Å². The van der Waals surface area contributed by atoms with E-state index >= 15 is 0 Å². The standard InChI is InChI=1S/C5H4INO2/c6-4-3(8)1-2-7-5(4)9/h1-2H,(H2,7,8,9). The molecular weight excluding hydrogens is 233 g/mol. The van der Waals surface area contributed by atoms with E-state index in [9.17, 15) is 4.79 Å². The predicted molar refractivity (Wildman–Crippen MR) is 41.4 cm³/mol. The summed E-state index contributed by atoms with van der Waals surface area (Å²) in [6, 6.07) is 1.43. The maximum Gasteiger partial charge on any atom is 0.265 e. The first kappa shape index (κ1) is 6.60. The molecule has 0 amide bonds. The molecule has 0 aromatic carbocycles. The van der Waals surface area contributed by atoms with E-state index in [1.165, 1.54) is 12.3 Å². The minimum atomic E-state index is -0.254. The Hall–Kier alpha value is -0.520. The van der Waals surface area contributed by atoms with Crippen LogP contribution in [-0.2, 0) is 0 Å². The average molecular weight is 237 g/mol. The summed E-state index contributed by atoms with van der Waals surface area (Å²) in [6.45, 7) is 0. The fraction of sp³-hybridized carbons (Fsp3) is 0. The number of hydrogen-bond acceptors (Lipinski definition) is 2. The van der Waals surface area contributed by atoms with Gasteiger partial charge in [-0.25, -0.2) is 0 Å². The zero-order chi connectivity index (χ0) is 6.85. The summed E-state index contributed by atoms with van der Waals surface area (Å²) in [6.07, 6.45) is 1.40. The lowest BCUT2D eigenvalue weighted by Crippen LogP contribution is -2.07. The van der Waals surface area contributed by atoms with Gasteiger partial charge in [0.25, 0.3) is 5.56 Å². The Kier molecular flexibility index (Phi) is 1.75. The number of pyridine rings is 1. The van der Waals surface area contributed by atoms with Crippen molar-refractivity contribution in [2.75, 3.05) is 0 Å². The number of halogens is 1. The summed E-state index contributed by atoms with van der Waals surface area (Å²) in [4.78, 5) is 13.0. The SMILES string of the molecule is O=c1[nH]ccc(O)c1I. The summed E-state index contributed by atoms with van der Waals surface area (Å²) in [7, 11) is 0. The van der Waals surface area contributed by atoms with E-state index in [4.69, 9.17) is 5.11 Å².